The number of nitrogens with one attached hydrogen (secondary N) is 1. The lowest BCUT2D eigenvalue weighted by Crippen LogP contribution is -2.46. The molecule has 6 heteroatoms. The van der Waals surface area contributed by atoms with Crippen molar-refractivity contribution in [3.8, 4) is 0 Å². The molecule has 0 aromatic carbocycles. The summed E-state index contributed by atoms with van der Waals surface area (Å²) in [4.78, 5) is 5.84. The van der Waals surface area contributed by atoms with E-state index in [-0.39, 0.29) is 16.2 Å². The second-order valence-corrected chi connectivity index (χ2v) is 11.0. The molecule has 1 saturated carbocycles. The first-order valence-electron chi connectivity index (χ1n) is 7.65. The van der Waals surface area contributed by atoms with Crippen molar-refractivity contribution in [2.24, 2.45) is 5.41 Å². The zero-order valence-corrected chi connectivity index (χ0v) is 15.3. The van der Waals surface area contributed by atoms with Crippen LogP contribution in [0.2, 0.25) is 4.47 Å². The average Bonchev–Trinajstić information content (AvgIpc) is 2.86. The number of rotatable bonds is 2. The van der Waals surface area contributed by atoms with E-state index in [0.29, 0.717) is 4.47 Å². The zero-order valence-electron chi connectivity index (χ0n) is 12.9. The molecule has 1 aromatic rings. The maximum atomic E-state index is 12.6. The monoisotopic (exact) mass is 346 g/mol. The van der Waals surface area contributed by atoms with Gasteiger partial charge in [0.15, 0.2) is 4.47 Å². The van der Waals surface area contributed by atoms with E-state index in [4.69, 9.17) is 11.6 Å². The van der Waals surface area contributed by atoms with Crippen LogP contribution in [-0.2, 0) is 17.8 Å². The molecule has 1 spiro atoms. The van der Waals surface area contributed by atoms with E-state index >= 15 is 0 Å². The van der Waals surface area contributed by atoms with E-state index in [9.17, 15) is 4.55 Å². The minimum atomic E-state index is -1.08. The summed E-state index contributed by atoms with van der Waals surface area (Å²) in [5.41, 5.74) is 1.27. The first-order valence-corrected chi connectivity index (χ1v) is 9.99. The lowest BCUT2D eigenvalue weighted by atomic mass is 9.70. The molecule has 2 aliphatic rings. The Hall–Kier alpha value is 0.190. The Balaban J connectivity index is 1.90. The van der Waals surface area contributed by atoms with E-state index in [0.717, 1.165) is 12.1 Å². The fourth-order valence-electron chi connectivity index (χ4n) is 3.58. The summed E-state index contributed by atoms with van der Waals surface area (Å²) >= 11 is 6.62. The fourth-order valence-corrected chi connectivity index (χ4v) is 5.86. The second kappa shape index (κ2) is 5.68. The molecule has 2 aliphatic carbocycles. The van der Waals surface area contributed by atoms with Gasteiger partial charge >= 0.3 is 0 Å². The average molecular weight is 347 g/mol. The van der Waals surface area contributed by atoms with Crippen molar-refractivity contribution < 1.29 is 4.55 Å². The van der Waals surface area contributed by atoms with Gasteiger partial charge in [-0.05, 0) is 40.0 Å². The van der Waals surface area contributed by atoms with Gasteiger partial charge in [0.25, 0.3) is 0 Å². The SMILES string of the molecule is CC(C)(C)[S+]([O-])NC1c2nc(Cl)sc2CC12CCCCC2. The van der Waals surface area contributed by atoms with Crippen molar-refractivity contribution >= 4 is 34.3 Å². The standard InChI is InChI=1S/C15H23ClN2OS2/c1-14(2,3)21(19)18-12-11-10(20-13(16)17-11)9-15(12)7-5-4-6-8-15/h12,18H,4-9H2,1-3H3. The van der Waals surface area contributed by atoms with Crippen molar-refractivity contribution in [3.63, 3.8) is 0 Å². The molecule has 0 saturated heterocycles. The third-order valence-corrected chi connectivity index (χ3v) is 7.47. The van der Waals surface area contributed by atoms with Gasteiger partial charge in [0, 0.05) is 21.7 Å². The minimum Gasteiger partial charge on any atom is -0.598 e. The van der Waals surface area contributed by atoms with Crippen molar-refractivity contribution in [2.75, 3.05) is 0 Å². The van der Waals surface area contributed by atoms with Crippen molar-refractivity contribution in [2.45, 2.75) is 70.1 Å². The molecule has 1 N–H and O–H groups in total. The first-order chi connectivity index (χ1) is 9.82. The Morgan fingerprint density at radius 3 is 2.62 bits per heavy atom. The number of hydrogen-bond acceptors (Lipinski definition) is 4. The molecule has 0 aliphatic heterocycles. The number of fused-ring (bicyclic) bond motifs is 1. The third-order valence-electron chi connectivity index (χ3n) is 4.73. The molecule has 3 rings (SSSR count). The Morgan fingerprint density at radius 1 is 1.33 bits per heavy atom. The van der Waals surface area contributed by atoms with Crippen LogP contribution in [0.5, 0.6) is 0 Å². The van der Waals surface area contributed by atoms with Crippen LogP contribution in [0, 0.1) is 5.41 Å². The van der Waals surface area contributed by atoms with E-state index < -0.39 is 11.4 Å². The Morgan fingerprint density at radius 2 is 2.00 bits per heavy atom. The predicted molar refractivity (Wildman–Crippen MR) is 90.1 cm³/mol. The van der Waals surface area contributed by atoms with E-state index in [1.807, 2.05) is 20.8 Å². The normalized spacial score (nSPS) is 26.0. The summed E-state index contributed by atoms with van der Waals surface area (Å²) in [6, 6.07) is 0.0941. The van der Waals surface area contributed by atoms with Crippen molar-refractivity contribution in [1.82, 2.24) is 9.71 Å². The number of thiazole rings is 1. The van der Waals surface area contributed by atoms with Crippen molar-refractivity contribution in [1.29, 1.82) is 0 Å². The van der Waals surface area contributed by atoms with Gasteiger partial charge in [0.1, 0.15) is 10.8 Å². The van der Waals surface area contributed by atoms with E-state index in [2.05, 4.69) is 9.71 Å². The van der Waals surface area contributed by atoms with Crippen LogP contribution in [0.3, 0.4) is 0 Å². The van der Waals surface area contributed by atoms with Gasteiger partial charge < -0.3 is 4.55 Å². The summed E-state index contributed by atoms with van der Waals surface area (Å²) in [7, 11) is 0. The minimum absolute atomic E-state index is 0.0941. The Kier molecular flexibility index (Phi) is 4.34. The van der Waals surface area contributed by atoms with Gasteiger partial charge in [-0.1, -0.05) is 30.9 Å². The maximum Gasteiger partial charge on any atom is 0.184 e. The van der Waals surface area contributed by atoms with Gasteiger partial charge in [-0.3, -0.25) is 0 Å². The van der Waals surface area contributed by atoms with Crippen LogP contribution in [0.4, 0.5) is 0 Å². The molecule has 0 bridgehead atoms. The largest absolute Gasteiger partial charge is 0.598 e. The molecule has 0 radical (unpaired) electrons. The molecule has 118 valence electrons. The molecular formula is C15H23ClN2OS2. The summed E-state index contributed by atoms with van der Waals surface area (Å²) in [6.45, 7) is 6.02. The van der Waals surface area contributed by atoms with Gasteiger partial charge in [0.2, 0.25) is 0 Å². The number of nitrogens with zero attached hydrogens (tertiary/aromatic N) is 1. The van der Waals surface area contributed by atoms with Gasteiger partial charge in [0.05, 0.1) is 5.69 Å². The van der Waals surface area contributed by atoms with Crippen LogP contribution >= 0.6 is 22.9 Å². The van der Waals surface area contributed by atoms with Crippen molar-refractivity contribution in [3.05, 3.63) is 15.0 Å². The number of hydrogen-bond donors (Lipinski definition) is 1. The molecular weight excluding hydrogens is 324 g/mol. The molecule has 2 atom stereocenters. The Bertz CT molecular complexity index is 520. The van der Waals surface area contributed by atoms with Crippen LogP contribution < -0.4 is 4.72 Å². The second-order valence-electron chi connectivity index (χ2n) is 7.31. The van der Waals surface area contributed by atoms with Gasteiger partial charge in [-0.25, -0.2) is 4.98 Å². The van der Waals surface area contributed by atoms with E-state index in [1.165, 1.54) is 37.0 Å². The molecule has 3 nitrogen and oxygen atoms in total. The number of aromatic nitrogens is 1. The topological polar surface area (TPSA) is 48.0 Å². The van der Waals surface area contributed by atoms with Gasteiger partial charge in [-0.15, -0.1) is 16.1 Å². The molecule has 0 amide bonds. The highest BCUT2D eigenvalue weighted by Gasteiger charge is 2.51. The highest BCUT2D eigenvalue weighted by molar-refractivity contribution is 7.90. The predicted octanol–water partition coefficient (Wildman–Crippen LogP) is 4.40. The number of halogens is 1. The first kappa shape index (κ1) is 16.1. The summed E-state index contributed by atoms with van der Waals surface area (Å²) in [6.07, 6.45) is 7.30. The molecule has 1 aromatic heterocycles. The van der Waals surface area contributed by atoms with Crippen LogP contribution in [-0.4, -0.2) is 14.3 Å². The summed E-state index contributed by atoms with van der Waals surface area (Å²) in [5.74, 6) is 0. The molecule has 1 heterocycles. The highest BCUT2D eigenvalue weighted by atomic mass is 35.5. The smallest absolute Gasteiger partial charge is 0.184 e. The van der Waals surface area contributed by atoms with Crippen LogP contribution in [0.15, 0.2) is 0 Å². The summed E-state index contributed by atoms with van der Waals surface area (Å²) < 4.78 is 16.4. The summed E-state index contributed by atoms with van der Waals surface area (Å²) in [5, 5.41) is 0. The third kappa shape index (κ3) is 3.00. The van der Waals surface area contributed by atoms with E-state index in [1.54, 1.807) is 11.3 Å². The maximum absolute atomic E-state index is 12.6. The lowest BCUT2D eigenvalue weighted by molar-refractivity contribution is 0.151. The molecule has 2 unspecified atom stereocenters. The lowest BCUT2D eigenvalue weighted by Gasteiger charge is -2.40. The molecule has 21 heavy (non-hydrogen) atoms. The zero-order chi connectivity index (χ0) is 15.3. The Labute approximate surface area is 139 Å². The van der Waals surface area contributed by atoms with Crippen LogP contribution in [0.1, 0.15) is 69.5 Å². The molecule has 1 fully saturated rings. The van der Waals surface area contributed by atoms with Crippen LogP contribution in [0.25, 0.3) is 0 Å². The fraction of sp³-hybridized carbons (Fsp3) is 0.800. The van der Waals surface area contributed by atoms with Gasteiger partial charge in [-0.2, -0.15) is 0 Å². The quantitative estimate of drug-likeness (QED) is 0.807. The highest BCUT2D eigenvalue weighted by Crippen LogP contribution is 2.55.